The van der Waals surface area contributed by atoms with Gasteiger partial charge in [0, 0.05) is 18.2 Å². The molecule has 0 amide bonds. The van der Waals surface area contributed by atoms with Crippen LogP contribution in [0, 0.1) is 12.3 Å². The molecular weight excluding hydrogens is 244 g/mol. The van der Waals surface area contributed by atoms with Crippen LogP contribution in [0.5, 0.6) is 23.0 Å². The second kappa shape index (κ2) is 4.70. The van der Waals surface area contributed by atoms with E-state index in [4.69, 9.17) is 22.6 Å². The summed E-state index contributed by atoms with van der Waals surface area (Å²) in [6, 6.07) is 7.35. The minimum Gasteiger partial charge on any atom is -0.506 e. The third-order valence-corrected chi connectivity index (χ3v) is 2.50. The van der Waals surface area contributed by atoms with Gasteiger partial charge in [-0.05, 0) is 12.1 Å². The second-order valence-electron chi connectivity index (χ2n) is 3.88. The Morgan fingerprint density at radius 2 is 1.68 bits per heavy atom. The van der Waals surface area contributed by atoms with Crippen LogP contribution < -0.4 is 16.2 Å². The van der Waals surface area contributed by atoms with Gasteiger partial charge in [-0.2, -0.15) is 0 Å². The van der Waals surface area contributed by atoms with Gasteiger partial charge in [0.2, 0.25) is 0 Å². The molecule has 0 saturated heterocycles. The highest BCUT2D eigenvalue weighted by molar-refractivity contribution is 5.64. The van der Waals surface area contributed by atoms with E-state index >= 15 is 0 Å². The molecule has 5 heteroatoms. The first-order chi connectivity index (χ1) is 9.01. The van der Waals surface area contributed by atoms with Crippen molar-refractivity contribution in [1.82, 2.24) is 0 Å². The lowest BCUT2D eigenvalue weighted by Gasteiger charge is -2.10. The van der Waals surface area contributed by atoms with Crippen molar-refractivity contribution in [3.05, 3.63) is 35.9 Å². The number of ether oxygens (including phenoxy) is 1. The molecule has 0 atom stereocenters. The van der Waals surface area contributed by atoms with Gasteiger partial charge in [0.15, 0.2) is 5.75 Å². The SMILES string of the molecule is C#Cc1cc(Oc2ccc(O)c(N)c2)cc(N)c1O. The van der Waals surface area contributed by atoms with Crippen molar-refractivity contribution >= 4 is 11.4 Å². The van der Waals surface area contributed by atoms with Crippen LogP contribution in [0.15, 0.2) is 30.3 Å². The van der Waals surface area contributed by atoms with Gasteiger partial charge >= 0.3 is 0 Å². The number of anilines is 2. The van der Waals surface area contributed by atoms with Crippen LogP contribution in [0.1, 0.15) is 5.56 Å². The highest BCUT2D eigenvalue weighted by Gasteiger charge is 2.08. The van der Waals surface area contributed by atoms with Gasteiger partial charge < -0.3 is 26.4 Å². The van der Waals surface area contributed by atoms with Crippen LogP contribution in [0.3, 0.4) is 0 Å². The molecule has 0 radical (unpaired) electrons. The summed E-state index contributed by atoms with van der Waals surface area (Å²) >= 11 is 0. The van der Waals surface area contributed by atoms with Crippen LogP contribution in [0.4, 0.5) is 11.4 Å². The minimum absolute atomic E-state index is 0.0260. The van der Waals surface area contributed by atoms with E-state index in [1.165, 1.54) is 24.3 Å². The molecule has 2 aromatic carbocycles. The highest BCUT2D eigenvalue weighted by Crippen LogP contribution is 2.34. The highest BCUT2D eigenvalue weighted by atomic mass is 16.5. The van der Waals surface area contributed by atoms with Gasteiger partial charge in [-0.3, -0.25) is 0 Å². The zero-order chi connectivity index (χ0) is 14.0. The fourth-order valence-electron chi connectivity index (χ4n) is 1.53. The van der Waals surface area contributed by atoms with E-state index < -0.39 is 0 Å². The zero-order valence-electron chi connectivity index (χ0n) is 9.92. The quantitative estimate of drug-likeness (QED) is 0.374. The number of terminal acetylenes is 1. The average molecular weight is 256 g/mol. The summed E-state index contributed by atoms with van der Waals surface area (Å²) in [6.45, 7) is 0. The standard InChI is InChI=1S/C14H12N2O3/c1-2-8-5-10(7-12(16)14(8)18)19-9-3-4-13(17)11(15)6-9/h1,3-7,17-18H,15-16H2. The molecule has 0 aliphatic rings. The predicted octanol–water partition coefficient (Wildman–Crippen LogP) is 2.04. The van der Waals surface area contributed by atoms with Crippen LogP contribution in [0.25, 0.3) is 0 Å². The Balaban J connectivity index is 2.36. The molecular formula is C14H12N2O3. The number of benzene rings is 2. The molecule has 6 N–H and O–H groups in total. The van der Waals surface area contributed by atoms with E-state index in [0.29, 0.717) is 11.5 Å². The Bertz CT molecular complexity index is 675. The van der Waals surface area contributed by atoms with E-state index in [-0.39, 0.29) is 28.4 Å². The van der Waals surface area contributed by atoms with E-state index in [0.717, 1.165) is 0 Å². The van der Waals surface area contributed by atoms with Gasteiger partial charge in [-0.25, -0.2) is 0 Å². The molecule has 2 aromatic rings. The van der Waals surface area contributed by atoms with E-state index in [9.17, 15) is 10.2 Å². The number of rotatable bonds is 2. The summed E-state index contributed by atoms with van der Waals surface area (Å²) in [7, 11) is 0. The van der Waals surface area contributed by atoms with Gasteiger partial charge in [0.05, 0.1) is 16.9 Å². The first-order valence-electron chi connectivity index (χ1n) is 5.36. The molecule has 2 rings (SSSR count). The first kappa shape index (κ1) is 12.5. The Morgan fingerprint density at radius 1 is 1.00 bits per heavy atom. The molecule has 0 fully saturated rings. The second-order valence-corrected chi connectivity index (χ2v) is 3.88. The molecule has 19 heavy (non-hydrogen) atoms. The number of phenolic OH excluding ortho intramolecular Hbond substituents is 2. The van der Waals surface area contributed by atoms with Crippen molar-refractivity contribution < 1.29 is 14.9 Å². The third-order valence-electron chi connectivity index (χ3n) is 2.50. The molecule has 0 saturated carbocycles. The Labute approximate surface area is 110 Å². The number of nitrogens with two attached hydrogens (primary N) is 2. The number of nitrogen functional groups attached to an aromatic ring is 2. The fourth-order valence-corrected chi connectivity index (χ4v) is 1.53. The zero-order valence-corrected chi connectivity index (χ0v) is 9.92. The van der Waals surface area contributed by atoms with Crippen molar-refractivity contribution in [3.63, 3.8) is 0 Å². The third kappa shape index (κ3) is 2.48. The number of hydrogen-bond acceptors (Lipinski definition) is 5. The summed E-state index contributed by atoms with van der Waals surface area (Å²) in [5.74, 6) is 2.92. The summed E-state index contributed by atoms with van der Waals surface area (Å²) in [6.07, 6.45) is 5.25. The normalized spacial score (nSPS) is 9.84. The summed E-state index contributed by atoms with van der Waals surface area (Å²) in [5.41, 5.74) is 11.7. The fraction of sp³-hybridized carbons (Fsp3) is 0. The lowest BCUT2D eigenvalue weighted by molar-refractivity contribution is 0.461. The first-order valence-corrected chi connectivity index (χ1v) is 5.36. The minimum atomic E-state index is -0.153. The molecule has 96 valence electrons. The molecule has 0 aliphatic heterocycles. The predicted molar refractivity (Wildman–Crippen MR) is 73.0 cm³/mol. The molecule has 0 spiro atoms. The lowest BCUT2D eigenvalue weighted by atomic mass is 10.1. The Hall–Kier alpha value is -3.00. The van der Waals surface area contributed by atoms with E-state index in [2.05, 4.69) is 5.92 Å². The van der Waals surface area contributed by atoms with E-state index in [1.807, 2.05) is 0 Å². The number of aromatic hydroxyl groups is 2. The van der Waals surface area contributed by atoms with Crippen molar-refractivity contribution in [1.29, 1.82) is 0 Å². The van der Waals surface area contributed by atoms with Gasteiger partial charge in [0.25, 0.3) is 0 Å². The number of phenols is 2. The maximum Gasteiger partial charge on any atom is 0.154 e. The molecule has 0 aliphatic carbocycles. The monoisotopic (exact) mass is 256 g/mol. The smallest absolute Gasteiger partial charge is 0.154 e. The van der Waals surface area contributed by atoms with Crippen LogP contribution in [-0.2, 0) is 0 Å². The van der Waals surface area contributed by atoms with E-state index in [1.54, 1.807) is 6.07 Å². The summed E-state index contributed by atoms with van der Waals surface area (Å²) in [4.78, 5) is 0. The molecule has 0 aromatic heterocycles. The topological polar surface area (TPSA) is 102 Å². The van der Waals surface area contributed by atoms with Crippen molar-refractivity contribution in [3.8, 4) is 35.3 Å². The Morgan fingerprint density at radius 3 is 2.32 bits per heavy atom. The summed E-state index contributed by atoms with van der Waals surface area (Å²) in [5, 5.41) is 18.9. The summed E-state index contributed by atoms with van der Waals surface area (Å²) < 4.78 is 5.51. The van der Waals surface area contributed by atoms with Crippen LogP contribution >= 0.6 is 0 Å². The number of hydrogen-bond donors (Lipinski definition) is 4. The Kier molecular flexibility index (Phi) is 3.08. The van der Waals surface area contributed by atoms with Crippen LogP contribution in [0.2, 0.25) is 0 Å². The van der Waals surface area contributed by atoms with Gasteiger partial charge in [-0.1, -0.05) is 5.92 Å². The van der Waals surface area contributed by atoms with Crippen molar-refractivity contribution in [2.24, 2.45) is 0 Å². The largest absolute Gasteiger partial charge is 0.506 e. The van der Waals surface area contributed by atoms with Gasteiger partial charge in [-0.15, -0.1) is 6.42 Å². The molecule has 0 unspecified atom stereocenters. The molecule has 0 heterocycles. The van der Waals surface area contributed by atoms with Crippen molar-refractivity contribution in [2.45, 2.75) is 0 Å². The maximum absolute atomic E-state index is 9.59. The lowest BCUT2D eigenvalue weighted by Crippen LogP contribution is -1.93. The van der Waals surface area contributed by atoms with Crippen LogP contribution in [-0.4, -0.2) is 10.2 Å². The average Bonchev–Trinajstić information content (AvgIpc) is 2.38. The van der Waals surface area contributed by atoms with Gasteiger partial charge in [0.1, 0.15) is 17.2 Å². The maximum atomic E-state index is 9.59. The molecule has 0 bridgehead atoms. The van der Waals surface area contributed by atoms with Crippen molar-refractivity contribution in [2.75, 3.05) is 11.5 Å². The molecule has 5 nitrogen and oxygen atoms in total.